The van der Waals surface area contributed by atoms with Crippen molar-refractivity contribution in [2.24, 2.45) is 5.41 Å². The lowest BCUT2D eigenvalue weighted by molar-refractivity contribution is -0.386. The maximum absolute atomic E-state index is 11.0. The Labute approximate surface area is 144 Å². The second-order valence-corrected chi connectivity index (χ2v) is 6.19. The van der Waals surface area contributed by atoms with Gasteiger partial charge in [-0.1, -0.05) is 38.1 Å². The van der Waals surface area contributed by atoms with Gasteiger partial charge in [0.1, 0.15) is 0 Å². The number of hydrogen-bond donors (Lipinski definition) is 0. The third-order valence-corrected chi connectivity index (χ3v) is 3.36. The molecule has 0 unspecified atom stereocenters. The number of para-hydroxylation sites is 4. The molecule has 0 aliphatic carbocycles. The summed E-state index contributed by atoms with van der Waals surface area (Å²) in [5.74, 6) is 0.345. The number of nitro benzene ring substituents is 2. The predicted molar refractivity (Wildman–Crippen MR) is 91.0 cm³/mol. The van der Waals surface area contributed by atoms with E-state index in [0.29, 0.717) is 0 Å². The fourth-order valence-electron chi connectivity index (χ4n) is 2.05. The van der Waals surface area contributed by atoms with Gasteiger partial charge < -0.3 is 9.47 Å². The molecule has 0 bridgehead atoms. The van der Waals surface area contributed by atoms with E-state index in [1.54, 1.807) is 24.3 Å². The van der Waals surface area contributed by atoms with E-state index in [0.717, 1.165) is 0 Å². The zero-order valence-electron chi connectivity index (χ0n) is 13.9. The van der Waals surface area contributed by atoms with E-state index in [-0.39, 0.29) is 36.1 Å². The fourth-order valence-corrected chi connectivity index (χ4v) is 2.05. The van der Waals surface area contributed by atoms with Crippen molar-refractivity contribution in [3.63, 3.8) is 0 Å². The van der Waals surface area contributed by atoms with Crippen molar-refractivity contribution < 1.29 is 19.3 Å². The van der Waals surface area contributed by atoms with Crippen molar-refractivity contribution in [3.8, 4) is 11.5 Å². The zero-order valence-corrected chi connectivity index (χ0v) is 13.9. The van der Waals surface area contributed by atoms with Gasteiger partial charge in [0.05, 0.1) is 23.1 Å². The van der Waals surface area contributed by atoms with E-state index in [9.17, 15) is 20.2 Å². The highest BCUT2D eigenvalue weighted by Gasteiger charge is 2.24. The first-order valence-corrected chi connectivity index (χ1v) is 7.52. The third kappa shape index (κ3) is 4.90. The molecule has 0 amide bonds. The topological polar surface area (TPSA) is 105 Å². The third-order valence-electron chi connectivity index (χ3n) is 3.36. The molecular formula is C17H18N2O6. The van der Waals surface area contributed by atoms with Crippen LogP contribution < -0.4 is 9.47 Å². The Morgan fingerprint density at radius 2 is 1.16 bits per heavy atom. The Morgan fingerprint density at radius 1 is 0.800 bits per heavy atom. The lowest BCUT2D eigenvalue weighted by atomic mass is 9.96. The fraction of sp³-hybridized carbons (Fsp3) is 0.294. The average molecular weight is 346 g/mol. The zero-order chi connectivity index (χ0) is 18.4. The summed E-state index contributed by atoms with van der Waals surface area (Å²) in [7, 11) is 0. The van der Waals surface area contributed by atoms with Crippen LogP contribution in [0.1, 0.15) is 13.8 Å². The van der Waals surface area contributed by atoms with E-state index >= 15 is 0 Å². The van der Waals surface area contributed by atoms with Crippen LogP contribution in [0, 0.1) is 25.6 Å². The molecule has 2 aromatic rings. The van der Waals surface area contributed by atoms with E-state index in [4.69, 9.17) is 9.47 Å². The summed E-state index contributed by atoms with van der Waals surface area (Å²) in [4.78, 5) is 21.0. The predicted octanol–water partition coefficient (Wildman–Crippen LogP) is 3.99. The molecule has 0 aliphatic rings. The van der Waals surface area contributed by atoms with Crippen molar-refractivity contribution in [3.05, 3.63) is 68.8 Å². The maximum Gasteiger partial charge on any atom is 0.310 e. The first-order valence-electron chi connectivity index (χ1n) is 7.52. The lowest BCUT2D eigenvalue weighted by Gasteiger charge is -2.24. The molecule has 0 aliphatic heterocycles. The average Bonchev–Trinajstić information content (AvgIpc) is 2.58. The monoisotopic (exact) mass is 346 g/mol. The molecule has 132 valence electrons. The quantitative estimate of drug-likeness (QED) is 0.528. The molecule has 0 N–H and O–H groups in total. The van der Waals surface area contributed by atoms with Gasteiger partial charge in [-0.25, -0.2) is 0 Å². The Morgan fingerprint density at radius 3 is 1.52 bits per heavy atom. The summed E-state index contributed by atoms with van der Waals surface area (Å²) in [5, 5.41) is 22.0. The van der Waals surface area contributed by atoms with Crippen LogP contribution in [-0.2, 0) is 0 Å². The Bertz CT molecular complexity index is 712. The molecule has 0 saturated heterocycles. The van der Waals surface area contributed by atoms with Crippen LogP contribution in [0.15, 0.2) is 48.5 Å². The van der Waals surface area contributed by atoms with Gasteiger partial charge >= 0.3 is 11.4 Å². The Balaban J connectivity index is 2.01. The van der Waals surface area contributed by atoms with Gasteiger partial charge in [-0.3, -0.25) is 20.2 Å². The summed E-state index contributed by atoms with van der Waals surface area (Å²) in [6.07, 6.45) is 0. The van der Waals surface area contributed by atoms with Crippen LogP contribution in [0.3, 0.4) is 0 Å². The number of nitro groups is 2. The van der Waals surface area contributed by atoms with Crippen molar-refractivity contribution in [1.82, 2.24) is 0 Å². The van der Waals surface area contributed by atoms with Crippen LogP contribution in [0.5, 0.6) is 11.5 Å². The number of nitrogens with zero attached hydrogens (tertiary/aromatic N) is 2. The van der Waals surface area contributed by atoms with Crippen LogP contribution in [0.4, 0.5) is 11.4 Å². The van der Waals surface area contributed by atoms with Crippen LogP contribution in [-0.4, -0.2) is 23.1 Å². The summed E-state index contributed by atoms with van der Waals surface area (Å²) >= 11 is 0. The molecule has 0 fully saturated rings. The van der Waals surface area contributed by atoms with Crippen molar-refractivity contribution in [1.29, 1.82) is 0 Å². The highest BCUT2D eigenvalue weighted by Crippen LogP contribution is 2.30. The molecule has 8 nitrogen and oxygen atoms in total. The molecule has 0 atom stereocenters. The summed E-state index contributed by atoms with van der Waals surface area (Å²) < 4.78 is 11.1. The summed E-state index contributed by atoms with van der Waals surface area (Å²) in [6.45, 7) is 3.99. The largest absolute Gasteiger partial charge is 0.486 e. The van der Waals surface area contributed by atoms with Crippen LogP contribution >= 0.6 is 0 Å². The molecule has 0 aromatic heterocycles. The molecule has 25 heavy (non-hydrogen) atoms. The minimum absolute atomic E-state index is 0.113. The number of hydrogen-bond acceptors (Lipinski definition) is 6. The lowest BCUT2D eigenvalue weighted by Crippen LogP contribution is -2.29. The number of ether oxygens (including phenoxy) is 2. The van der Waals surface area contributed by atoms with Crippen molar-refractivity contribution >= 4 is 11.4 Å². The minimum atomic E-state index is -0.520. The second-order valence-electron chi connectivity index (χ2n) is 6.19. The Hall–Kier alpha value is -3.16. The van der Waals surface area contributed by atoms with Gasteiger partial charge in [0.2, 0.25) is 0 Å². The van der Waals surface area contributed by atoms with E-state index in [1.807, 2.05) is 13.8 Å². The Kier molecular flexibility index (Phi) is 5.53. The van der Waals surface area contributed by atoms with Gasteiger partial charge in [0, 0.05) is 17.5 Å². The summed E-state index contributed by atoms with van der Waals surface area (Å²) in [5.41, 5.74) is -0.746. The van der Waals surface area contributed by atoms with Crippen LogP contribution in [0.2, 0.25) is 0 Å². The smallest absolute Gasteiger partial charge is 0.310 e. The molecule has 0 heterocycles. The SMILES string of the molecule is CC(C)(COc1ccccc1[N+](=O)[O-])COc1ccccc1[N+](=O)[O-]. The van der Waals surface area contributed by atoms with E-state index < -0.39 is 15.3 Å². The minimum Gasteiger partial charge on any atom is -0.486 e. The number of benzene rings is 2. The number of rotatable bonds is 8. The molecular weight excluding hydrogens is 328 g/mol. The molecule has 2 aromatic carbocycles. The normalized spacial score (nSPS) is 11.0. The molecule has 0 saturated carbocycles. The van der Waals surface area contributed by atoms with Crippen LogP contribution in [0.25, 0.3) is 0 Å². The summed E-state index contributed by atoms with van der Waals surface area (Å²) in [6, 6.07) is 12.2. The molecule has 2 rings (SSSR count). The highest BCUT2D eigenvalue weighted by atomic mass is 16.6. The van der Waals surface area contributed by atoms with E-state index in [2.05, 4.69) is 0 Å². The van der Waals surface area contributed by atoms with Crippen molar-refractivity contribution in [2.75, 3.05) is 13.2 Å². The molecule has 0 radical (unpaired) electrons. The van der Waals surface area contributed by atoms with Gasteiger partial charge in [0.25, 0.3) is 0 Å². The highest BCUT2D eigenvalue weighted by molar-refractivity contribution is 5.46. The van der Waals surface area contributed by atoms with Gasteiger partial charge in [-0.2, -0.15) is 0 Å². The first-order chi connectivity index (χ1) is 11.8. The van der Waals surface area contributed by atoms with Gasteiger partial charge in [-0.05, 0) is 12.1 Å². The molecule has 8 heteroatoms. The van der Waals surface area contributed by atoms with Gasteiger partial charge in [0.15, 0.2) is 11.5 Å². The van der Waals surface area contributed by atoms with Gasteiger partial charge in [-0.15, -0.1) is 0 Å². The van der Waals surface area contributed by atoms with Crippen molar-refractivity contribution in [2.45, 2.75) is 13.8 Å². The molecule has 0 spiro atoms. The van der Waals surface area contributed by atoms with E-state index in [1.165, 1.54) is 24.3 Å². The maximum atomic E-state index is 11.0. The second kappa shape index (κ2) is 7.61. The first kappa shape index (κ1) is 18.2. The standard InChI is InChI=1S/C17H18N2O6/c1-17(2,11-24-15-9-5-3-7-13(15)18(20)21)12-25-16-10-6-4-8-14(16)19(22)23/h3-10H,11-12H2,1-2H3.